The molecule has 2 aromatic rings. The van der Waals surface area contributed by atoms with Crippen molar-refractivity contribution in [1.82, 2.24) is 4.90 Å². The van der Waals surface area contributed by atoms with E-state index in [1.54, 1.807) is 37.2 Å². The van der Waals surface area contributed by atoms with Gasteiger partial charge in [-0.1, -0.05) is 6.92 Å². The van der Waals surface area contributed by atoms with E-state index >= 15 is 0 Å². The Morgan fingerprint density at radius 3 is 2.74 bits per heavy atom. The van der Waals surface area contributed by atoms with Crippen LogP contribution >= 0.6 is 12.2 Å². The predicted molar refractivity (Wildman–Crippen MR) is 78.8 cm³/mol. The molecule has 0 aliphatic rings. The third-order valence-electron chi connectivity index (χ3n) is 2.67. The summed E-state index contributed by atoms with van der Waals surface area (Å²) in [5, 5.41) is 0.897. The molecule has 0 N–H and O–H groups in total. The normalized spacial score (nSPS) is 10.5. The van der Waals surface area contributed by atoms with Gasteiger partial charge in [0.25, 0.3) is 5.17 Å². The molecule has 0 saturated heterocycles. The van der Waals surface area contributed by atoms with Gasteiger partial charge in [0.1, 0.15) is 17.1 Å². The van der Waals surface area contributed by atoms with Crippen molar-refractivity contribution in [2.45, 2.75) is 13.3 Å². The molecule has 0 aliphatic carbocycles. The van der Waals surface area contributed by atoms with Gasteiger partial charge in [-0.2, -0.15) is 0 Å². The standard InChI is InChI=1S/C14H15NO3S/c1-4-9-7-12(16)11-6-5-10(8-13(11)17-9)18-14(19)15(2)3/h5-8H,4H2,1-3H3. The van der Waals surface area contributed by atoms with Crippen molar-refractivity contribution in [2.75, 3.05) is 14.1 Å². The number of hydrogen-bond acceptors (Lipinski definition) is 4. The maximum absolute atomic E-state index is 11.9. The van der Waals surface area contributed by atoms with Crippen molar-refractivity contribution in [2.24, 2.45) is 0 Å². The molecule has 0 bridgehead atoms. The molecule has 0 atom stereocenters. The number of hydrogen-bond donors (Lipinski definition) is 0. The lowest BCUT2D eigenvalue weighted by Gasteiger charge is -2.14. The lowest BCUT2D eigenvalue weighted by atomic mass is 10.2. The molecule has 100 valence electrons. The molecule has 5 heteroatoms. The lowest BCUT2D eigenvalue weighted by Crippen LogP contribution is -2.24. The van der Waals surface area contributed by atoms with Gasteiger partial charge in [0.05, 0.1) is 5.39 Å². The SMILES string of the molecule is CCc1cc(=O)c2ccc(OC(=S)N(C)C)cc2o1. The summed E-state index contributed by atoms with van der Waals surface area (Å²) in [6.07, 6.45) is 0.673. The number of aryl methyl sites for hydroxylation is 1. The highest BCUT2D eigenvalue weighted by Crippen LogP contribution is 2.20. The highest BCUT2D eigenvalue weighted by Gasteiger charge is 2.07. The van der Waals surface area contributed by atoms with Gasteiger partial charge in [0.2, 0.25) is 0 Å². The smallest absolute Gasteiger partial charge is 0.264 e. The number of thiocarbonyl (C=S) groups is 1. The molecule has 0 fully saturated rings. The fourth-order valence-corrected chi connectivity index (χ4v) is 1.71. The molecule has 0 aliphatic heterocycles. The van der Waals surface area contributed by atoms with E-state index in [0.717, 1.165) is 0 Å². The van der Waals surface area contributed by atoms with Gasteiger partial charge in [0, 0.05) is 32.6 Å². The molecule has 4 nitrogen and oxygen atoms in total. The highest BCUT2D eigenvalue weighted by atomic mass is 32.1. The van der Waals surface area contributed by atoms with E-state index in [1.807, 2.05) is 6.92 Å². The average molecular weight is 277 g/mol. The molecule has 0 spiro atoms. The van der Waals surface area contributed by atoms with Crippen LogP contribution in [0.25, 0.3) is 11.0 Å². The van der Waals surface area contributed by atoms with E-state index in [2.05, 4.69) is 0 Å². The Morgan fingerprint density at radius 1 is 1.37 bits per heavy atom. The minimum atomic E-state index is -0.0418. The van der Waals surface area contributed by atoms with Gasteiger partial charge in [0.15, 0.2) is 5.43 Å². The maximum Gasteiger partial charge on any atom is 0.264 e. The van der Waals surface area contributed by atoms with Crippen molar-refractivity contribution in [3.63, 3.8) is 0 Å². The monoisotopic (exact) mass is 277 g/mol. The van der Waals surface area contributed by atoms with E-state index in [9.17, 15) is 4.79 Å². The third-order valence-corrected chi connectivity index (χ3v) is 3.12. The summed E-state index contributed by atoms with van der Waals surface area (Å²) in [5.41, 5.74) is 0.475. The maximum atomic E-state index is 11.9. The molecule has 1 heterocycles. The molecule has 0 radical (unpaired) electrons. The van der Waals surface area contributed by atoms with Crippen molar-refractivity contribution in [3.8, 4) is 5.75 Å². The van der Waals surface area contributed by atoms with Crippen molar-refractivity contribution in [1.29, 1.82) is 0 Å². The molecule has 0 amide bonds. The second kappa shape index (κ2) is 5.40. The Kier molecular flexibility index (Phi) is 3.85. The minimum Gasteiger partial charge on any atom is -0.461 e. The third kappa shape index (κ3) is 2.93. The number of fused-ring (bicyclic) bond motifs is 1. The van der Waals surface area contributed by atoms with E-state index < -0.39 is 0 Å². The van der Waals surface area contributed by atoms with Gasteiger partial charge in [-0.15, -0.1) is 0 Å². The van der Waals surface area contributed by atoms with Crippen molar-refractivity contribution >= 4 is 28.4 Å². The topological polar surface area (TPSA) is 42.7 Å². The average Bonchev–Trinajstić information content (AvgIpc) is 2.37. The second-order valence-corrected chi connectivity index (χ2v) is 4.70. The van der Waals surface area contributed by atoms with Gasteiger partial charge >= 0.3 is 0 Å². The summed E-state index contributed by atoms with van der Waals surface area (Å²) >= 11 is 5.07. The highest BCUT2D eigenvalue weighted by molar-refractivity contribution is 7.80. The summed E-state index contributed by atoms with van der Waals surface area (Å²) in [7, 11) is 3.61. The van der Waals surface area contributed by atoms with Crippen LogP contribution in [0.15, 0.2) is 33.5 Å². The number of ether oxygens (including phenoxy) is 1. The first-order valence-corrected chi connectivity index (χ1v) is 6.38. The predicted octanol–water partition coefficient (Wildman–Crippen LogP) is 2.58. The molecule has 0 saturated carbocycles. The largest absolute Gasteiger partial charge is 0.461 e. The second-order valence-electron chi connectivity index (χ2n) is 4.35. The van der Waals surface area contributed by atoms with E-state index in [-0.39, 0.29) is 5.43 Å². The number of rotatable bonds is 2. The first-order valence-electron chi connectivity index (χ1n) is 5.97. The Bertz CT molecular complexity index is 676. The van der Waals surface area contributed by atoms with Crippen LogP contribution in [0.1, 0.15) is 12.7 Å². The summed E-state index contributed by atoms with van der Waals surface area (Å²) in [6, 6.07) is 6.61. The molecule has 1 aromatic carbocycles. The van der Waals surface area contributed by atoms with Crippen LogP contribution in [0.2, 0.25) is 0 Å². The molecule has 19 heavy (non-hydrogen) atoms. The van der Waals surface area contributed by atoms with Crippen LogP contribution in [0, 0.1) is 0 Å². The molecule has 2 rings (SSSR count). The Hall–Kier alpha value is -1.88. The summed E-state index contributed by atoms with van der Waals surface area (Å²) in [5.74, 6) is 1.22. The van der Waals surface area contributed by atoms with Crippen LogP contribution < -0.4 is 10.2 Å². The fraction of sp³-hybridized carbons (Fsp3) is 0.286. The fourth-order valence-electron chi connectivity index (χ4n) is 1.62. The zero-order valence-corrected chi connectivity index (χ0v) is 11.9. The van der Waals surface area contributed by atoms with Gasteiger partial charge in [-0.05, 0) is 24.4 Å². The first kappa shape index (κ1) is 13.5. The van der Waals surface area contributed by atoms with Crippen LogP contribution in [0.5, 0.6) is 5.75 Å². The Balaban J connectivity index is 2.45. The Morgan fingerprint density at radius 2 is 2.11 bits per heavy atom. The minimum absolute atomic E-state index is 0.0418. The quantitative estimate of drug-likeness (QED) is 0.789. The van der Waals surface area contributed by atoms with Crippen molar-refractivity contribution in [3.05, 3.63) is 40.2 Å². The zero-order chi connectivity index (χ0) is 14.0. The zero-order valence-electron chi connectivity index (χ0n) is 11.1. The summed E-state index contributed by atoms with van der Waals surface area (Å²) in [4.78, 5) is 13.6. The molecular formula is C14H15NO3S. The molecule has 1 aromatic heterocycles. The van der Waals surface area contributed by atoms with Gasteiger partial charge < -0.3 is 14.1 Å². The van der Waals surface area contributed by atoms with Crippen molar-refractivity contribution < 1.29 is 9.15 Å². The van der Waals surface area contributed by atoms with E-state index in [0.29, 0.717) is 34.1 Å². The summed E-state index contributed by atoms with van der Waals surface area (Å²) < 4.78 is 11.1. The first-order chi connectivity index (χ1) is 9.01. The lowest BCUT2D eigenvalue weighted by molar-refractivity contribution is 0.448. The Labute approximate surface area is 116 Å². The van der Waals surface area contributed by atoms with E-state index in [4.69, 9.17) is 21.4 Å². The van der Waals surface area contributed by atoms with Crippen LogP contribution in [-0.4, -0.2) is 24.2 Å². The van der Waals surface area contributed by atoms with E-state index in [1.165, 1.54) is 6.07 Å². The molecule has 0 unspecified atom stereocenters. The number of benzene rings is 1. The number of nitrogens with zero attached hydrogens (tertiary/aromatic N) is 1. The molecular weight excluding hydrogens is 262 g/mol. The summed E-state index contributed by atoms with van der Waals surface area (Å²) in [6.45, 7) is 1.94. The van der Waals surface area contributed by atoms with Crippen LogP contribution in [-0.2, 0) is 6.42 Å². The van der Waals surface area contributed by atoms with Crippen LogP contribution in [0.3, 0.4) is 0 Å². The van der Waals surface area contributed by atoms with Gasteiger partial charge in [-0.3, -0.25) is 4.79 Å². The van der Waals surface area contributed by atoms with Gasteiger partial charge in [-0.25, -0.2) is 0 Å². The van der Waals surface area contributed by atoms with Crippen LogP contribution in [0.4, 0.5) is 0 Å².